The highest BCUT2D eigenvalue weighted by atomic mass is 32.2. The highest BCUT2D eigenvalue weighted by molar-refractivity contribution is 7.89. The average molecular weight is 598 g/mol. The second kappa shape index (κ2) is 11.7. The van der Waals surface area contributed by atoms with Crippen LogP contribution >= 0.6 is 11.3 Å². The van der Waals surface area contributed by atoms with E-state index in [0.29, 0.717) is 41.7 Å². The predicted molar refractivity (Wildman–Crippen MR) is 162 cm³/mol. The Bertz CT molecular complexity index is 1860. The summed E-state index contributed by atoms with van der Waals surface area (Å²) in [7, 11) is -3.65. The van der Waals surface area contributed by atoms with Crippen molar-refractivity contribution in [3.63, 3.8) is 0 Å². The van der Waals surface area contributed by atoms with Crippen molar-refractivity contribution >= 4 is 33.5 Å². The van der Waals surface area contributed by atoms with Gasteiger partial charge in [-0.15, -0.1) is 11.3 Å². The summed E-state index contributed by atoms with van der Waals surface area (Å²) >= 11 is 1.45. The van der Waals surface area contributed by atoms with Crippen molar-refractivity contribution in [2.24, 2.45) is 11.0 Å². The van der Waals surface area contributed by atoms with Crippen LogP contribution in [0.25, 0.3) is 27.7 Å². The normalized spacial score (nSPS) is 14.8. The summed E-state index contributed by atoms with van der Waals surface area (Å²) in [5.74, 6) is 0.972. The number of sulfonamides is 1. The molecule has 1 N–H and O–H groups in total. The number of hydrazone groups is 1. The van der Waals surface area contributed by atoms with Gasteiger partial charge in [0.1, 0.15) is 11.8 Å². The number of piperidine rings is 1. The van der Waals surface area contributed by atoms with Gasteiger partial charge in [0.15, 0.2) is 0 Å². The molecule has 0 unspecified atom stereocenters. The van der Waals surface area contributed by atoms with Gasteiger partial charge in [-0.1, -0.05) is 43.3 Å². The second-order valence-electron chi connectivity index (χ2n) is 9.98. The second-order valence-corrected chi connectivity index (χ2v) is 12.9. The molecule has 1 aliphatic rings. The summed E-state index contributed by atoms with van der Waals surface area (Å²) in [5.41, 5.74) is 5.52. The molecule has 1 saturated heterocycles. The van der Waals surface area contributed by atoms with Gasteiger partial charge in [-0.3, -0.25) is 0 Å². The minimum atomic E-state index is -3.65. The maximum atomic E-state index is 13.5. The van der Waals surface area contributed by atoms with Crippen molar-refractivity contribution in [1.82, 2.24) is 19.1 Å². The number of nitrogens with one attached hydrogen (secondary N) is 1. The first-order chi connectivity index (χ1) is 20.4. The number of para-hydroxylation sites is 1. The zero-order chi connectivity index (χ0) is 29.1. The largest absolute Gasteiger partial charge is 0.416 e. The van der Waals surface area contributed by atoms with Crippen LogP contribution in [0, 0.1) is 17.2 Å². The maximum Gasteiger partial charge on any atom is 0.252 e. The molecule has 1 fully saturated rings. The Morgan fingerprint density at radius 2 is 1.93 bits per heavy atom. The summed E-state index contributed by atoms with van der Waals surface area (Å²) in [6.07, 6.45) is 5.07. The molecule has 0 aliphatic carbocycles. The molecule has 0 spiro atoms. The third-order valence-corrected chi connectivity index (χ3v) is 9.84. The number of rotatable bonds is 8. The molecule has 5 aromatic rings. The Morgan fingerprint density at radius 3 is 2.67 bits per heavy atom. The van der Waals surface area contributed by atoms with Gasteiger partial charge < -0.3 is 4.42 Å². The molecule has 1 aliphatic heterocycles. The van der Waals surface area contributed by atoms with Crippen LogP contribution in [-0.2, 0) is 10.0 Å². The predicted octanol–water partition coefficient (Wildman–Crippen LogP) is 5.99. The van der Waals surface area contributed by atoms with E-state index < -0.39 is 10.0 Å². The molecule has 0 amide bonds. The molecule has 0 saturated carbocycles. The van der Waals surface area contributed by atoms with E-state index >= 15 is 0 Å². The van der Waals surface area contributed by atoms with Crippen LogP contribution in [0.4, 0.5) is 5.88 Å². The zero-order valence-corrected chi connectivity index (χ0v) is 24.3. The Labute approximate surface area is 247 Å². The van der Waals surface area contributed by atoms with Gasteiger partial charge in [-0.25, -0.2) is 18.5 Å². The molecule has 0 atom stereocenters. The van der Waals surface area contributed by atoms with E-state index in [1.54, 1.807) is 33.4 Å². The first kappa shape index (κ1) is 27.6. The number of aromatic nitrogens is 3. The van der Waals surface area contributed by atoms with Gasteiger partial charge in [0, 0.05) is 30.4 Å². The summed E-state index contributed by atoms with van der Waals surface area (Å²) in [6.45, 7) is 3.18. The monoisotopic (exact) mass is 597 g/mol. The molecule has 6 rings (SSSR count). The number of hydrogen-bond acceptors (Lipinski definition) is 9. The summed E-state index contributed by atoms with van der Waals surface area (Å²) in [4.78, 5) is 5.27. The fourth-order valence-corrected chi connectivity index (χ4v) is 6.90. The standard InChI is InChI=1S/C30H27N7O3S2/c1-21-12-14-36(15-13-21)42(38,39)25-10-5-7-22(17-25)28-23(20-37(35-28)24-8-3-2-4-9-24)19-32-34-29-26(18-31)33-30(40-29)27-11-6-16-41-27/h2-11,16-17,19-21,34H,12-15H2,1H3/b32-19+. The molecule has 0 bridgehead atoms. The Balaban J connectivity index is 1.33. The SMILES string of the molecule is CC1CCN(S(=O)(=O)c2cccc(-c3nn(-c4ccccc4)cc3/C=N/Nc3oc(-c4cccs4)nc3C#N)c2)CC1. The summed E-state index contributed by atoms with van der Waals surface area (Å²) < 4.78 is 36.0. The van der Waals surface area contributed by atoms with Gasteiger partial charge in [0.05, 0.1) is 21.7 Å². The lowest BCUT2D eigenvalue weighted by Crippen LogP contribution is -2.37. The zero-order valence-electron chi connectivity index (χ0n) is 22.7. The van der Waals surface area contributed by atoms with E-state index in [1.165, 1.54) is 11.3 Å². The smallest absolute Gasteiger partial charge is 0.252 e. The molecular weight excluding hydrogens is 571 g/mol. The van der Waals surface area contributed by atoms with Gasteiger partial charge in [0.2, 0.25) is 21.6 Å². The summed E-state index contributed by atoms with van der Waals surface area (Å²) in [6, 6.07) is 22.2. The quantitative estimate of drug-likeness (QED) is 0.172. The Kier molecular flexibility index (Phi) is 7.71. The van der Waals surface area contributed by atoms with Crippen molar-refractivity contribution in [3.05, 3.63) is 89.6 Å². The highest BCUT2D eigenvalue weighted by Gasteiger charge is 2.28. The number of anilines is 1. The molecule has 4 heterocycles. The summed E-state index contributed by atoms with van der Waals surface area (Å²) in [5, 5.41) is 20.6. The maximum absolute atomic E-state index is 13.5. The first-order valence-electron chi connectivity index (χ1n) is 13.4. The van der Waals surface area contributed by atoms with Crippen molar-refractivity contribution in [2.75, 3.05) is 18.5 Å². The van der Waals surface area contributed by atoms with Gasteiger partial charge in [-0.05, 0) is 54.5 Å². The van der Waals surface area contributed by atoms with Gasteiger partial charge in [0.25, 0.3) is 5.88 Å². The molecule has 10 nitrogen and oxygen atoms in total. The molecule has 3 aromatic heterocycles. The van der Waals surface area contributed by atoms with Gasteiger partial charge >= 0.3 is 0 Å². The lowest BCUT2D eigenvalue weighted by Gasteiger charge is -2.29. The van der Waals surface area contributed by atoms with E-state index in [0.717, 1.165) is 23.4 Å². The van der Waals surface area contributed by atoms with Crippen LogP contribution < -0.4 is 5.43 Å². The number of hydrogen-bond donors (Lipinski definition) is 1. The van der Waals surface area contributed by atoms with E-state index in [1.807, 2.05) is 66.2 Å². The van der Waals surface area contributed by atoms with Gasteiger partial charge in [-0.2, -0.15) is 24.8 Å². The van der Waals surface area contributed by atoms with Crippen molar-refractivity contribution in [2.45, 2.75) is 24.7 Å². The molecule has 12 heteroatoms. The minimum absolute atomic E-state index is 0.0840. The Morgan fingerprint density at radius 1 is 1.12 bits per heavy atom. The molecule has 42 heavy (non-hydrogen) atoms. The van der Waals surface area contributed by atoms with E-state index in [2.05, 4.69) is 22.4 Å². The number of nitrogens with zero attached hydrogens (tertiary/aromatic N) is 6. The third kappa shape index (κ3) is 5.62. The van der Waals surface area contributed by atoms with E-state index in [9.17, 15) is 13.7 Å². The average Bonchev–Trinajstić information content (AvgIpc) is 3.78. The molecular formula is C30H27N7O3S2. The fraction of sp³-hybridized carbons (Fsp3) is 0.200. The van der Waals surface area contributed by atoms with Crippen LogP contribution in [0.5, 0.6) is 0 Å². The molecule has 212 valence electrons. The van der Waals surface area contributed by atoms with Crippen molar-refractivity contribution in [1.29, 1.82) is 5.26 Å². The first-order valence-corrected chi connectivity index (χ1v) is 15.7. The highest BCUT2D eigenvalue weighted by Crippen LogP contribution is 2.30. The van der Waals surface area contributed by atoms with E-state index in [-0.39, 0.29) is 16.5 Å². The van der Waals surface area contributed by atoms with E-state index in [4.69, 9.17) is 9.52 Å². The number of thiophene rings is 1. The van der Waals surface area contributed by atoms with Crippen LogP contribution in [0.1, 0.15) is 31.0 Å². The topological polar surface area (TPSA) is 129 Å². The lowest BCUT2D eigenvalue weighted by molar-refractivity contribution is 0.288. The van der Waals surface area contributed by atoms with Crippen LogP contribution in [0.2, 0.25) is 0 Å². The van der Waals surface area contributed by atoms with Crippen molar-refractivity contribution in [3.8, 4) is 33.8 Å². The number of nitriles is 1. The Hall–Kier alpha value is -4.57. The third-order valence-electron chi connectivity index (χ3n) is 7.09. The lowest BCUT2D eigenvalue weighted by atomic mass is 10.0. The number of oxazole rings is 1. The van der Waals surface area contributed by atoms with Crippen molar-refractivity contribution < 1.29 is 12.8 Å². The van der Waals surface area contributed by atoms with Crippen LogP contribution in [0.3, 0.4) is 0 Å². The molecule has 0 radical (unpaired) electrons. The minimum Gasteiger partial charge on any atom is -0.416 e. The molecule has 2 aromatic carbocycles. The van der Waals surface area contributed by atoms with Crippen LogP contribution in [0.15, 0.2) is 92.7 Å². The van der Waals surface area contributed by atoms with Crippen LogP contribution in [-0.4, -0.2) is 46.8 Å². The number of benzene rings is 2. The fourth-order valence-electron chi connectivity index (χ4n) is 4.74.